The molecule has 14 heavy (non-hydrogen) atoms. The van der Waals surface area contributed by atoms with Crippen molar-refractivity contribution in [3.05, 3.63) is 35.4 Å². The zero-order chi connectivity index (χ0) is 10.6. The molecule has 0 amide bonds. The molecule has 0 radical (unpaired) electrons. The molecule has 0 aliphatic rings. The number of rotatable bonds is 3. The van der Waals surface area contributed by atoms with Crippen LogP contribution in [0.2, 0.25) is 0 Å². The van der Waals surface area contributed by atoms with Crippen LogP contribution in [0.4, 0.5) is 0 Å². The molecule has 76 valence electrons. The number of esters is 1. The minimum Gasteiger partial charge on any atom is -0.462 e. The molecule has 1 N–H and O–H groups in total. The summed E-state index contributed by atoms with van der Waals surface area (Å²) in [5.41, 5.74) is 1.20. The fourth-order valence-electron chi connectivity index (χ4n) is 1.14. The normalized spacial score (nSPS) is 12.2. The van der Waals surface area contributed by atoms with E-state index in [2.05, 4.69) is 0 Å². The van der Waals surface area contributed by atoms with Crippen molar-refractivity contribution in [1.82, 2.24) is 0 Å². The molecule has 0 bridgehead atoms. The molecule has 0 unspecified atom stereocenters. The van der Waals surface area contributed by atoms with Gasteiger partial charge in [0.25, 0.3) is 0 Å². The summed E-state index contributed by atoms with van der Waals surface area (Å²) in [7, 11) is 0. The van der Waals surface area contributed by atoms with Crippen molar-refractivity contribution in [2.24, 2.45) is 0 Å². The summed E-state index contributed by atoms with van der Waals surface area (Å²) >= 11 is 0. The third kappa shape index (κ3) is 2.57. The number of ether oxygens (including phenoxy) is 1. The van der Waals surface area contributed by atoms with Crippen molar-refractivity contribution < 1.29 is 14.6 Å². The highest BCUT2D eigenvalue weighted by Gasteiger charge is 2.08. The number of hydrogen-bond donors (Lipinski definition) is 1. The Kier molecular flexibility index (Phi) is 3.65. The first-order valence-electron chi connectivity index (χ1n) is 4.60. The van der Waals surface area contributed by atoms with Crippen molar-refractivity contribution >= 4 is 5.97 Å². The molecular weight excluding hydrogens is 180 g/mol. The molecule has 0 fully saturated rings. The van der Waals surface area contributed by atoms with E-state index in [1.165, 1.54) is 0 Å². The Morgan fingerprint density at radius 3 is 2.86 bits per heavy atom. The third-order valence-electron chi connectivity index (χ3n) is 1.88. The van der Waals surface area contributed by atoms with Crippen LogP contribution in [0.1, 0.15) is 35.9 Å². The van der Waals surface area contributed by atoms with Gasteiger partial charge in [0.2, 0.25) is 0 Å². The number of aliphatic hydroxyl groups is 1. The molecule has 0 saturated heterocycles. The molecular formula is C11H14O3. The summed E-state index contributed by atoms with van der Waals surface area (Å²) in [6, 6.07) is 6.81. The van der Waals surface area contributed by atoms with Crippen LogP contribution in [0.25, 0.3) is 0 Å². The first-order valence-corrected chi connectivity index (χ1v) is 4.60. The Morgan fingerprint density at radius 2 is 2.29 bits per heavy atom. The van der Waals surface area contributed by atoms with E-state index in [-0.39, 0.29) is 5.97 Å². The van der Waals surface area contributed by atoms with Gasteiger partial charge in [-0.05, 0) is 31.5 Å². The summed E-state index contributed by atoms with van der Waals surface area (Å²) in [6.07, 6.45) is -0.565. The molecule has 1 aromatic carbocycles. The van der Waals surface area contributed by atoms with E-state index in [0.717, 1.165) is 5.56 Å². The van der Waals surface area contributed by atoms with E-state index in [4.69, 9.17) is 4.74 Å². The first-order chi connectivity index (χ1) is 6.65. The second-order valence-electron chi connectivity index (χ2n) is 3.02. The van der Waals surface area contributed by atoms with Gasteiger partial charge in [-0.25, -0.2) is 4.79 Å². The van der Waals surface area contributed by atoms with Gasteiger partial charge in [-0.1, -0.05) is 12.1 Å². The van der Waals surface area contributed by atoms with Crippen LogP contribution in [0.5, 0.6) is 0 Å². The largest absolute Gasteiger partial charge is 0.462 e. The number of benzene rings is 1. The van der Waals surface area contributed by atoms with Crippen LogP contribution in [0.15, 0.2) is 24.3 Å². The smallest absolute Gasteiger partial charge is 0.338 e. The quantitative estimate of drug-likeness (QED) is 0.748. The zero-order valence-corrected chi connectivity index (χ0v) is 8.36. The van der Waals surface area contributed by atoms with E-state index >= 15 is 0 Å². The lowest BCUT2D eigenvalue weighted by molar-refractivity contribution is 0.0526. The lowest BCUT2D eigenvalue weighted by Gasteiger charge is -2.06. The number of hydrogen-bond acceptors (Lipinski definition) is 3. The molecule has 3 heteroatoms. The summed E-state index contributed by atoms with van der Waals surface area (Å²) in [4.78, 5) is 11.3. The van der Waals surface area contributed by atoms with Crippen molar-refractivity contribution in [2.45, 2.75) is 20.0 Å². The first kappa shape index (κ1) is 10.7. The van der Waals surface area contributed by atoms with Crippen LogP contribution < -0.4 is 0 Å². The minimum atomic E-state index is -0.565. The molecule has 1 rings (SSSR count). The average Bonchev–Trinajstić information content (AvgIpc) is 2.18. The molecule has 0 heterocycles. The van der Waals surface area contributed by atoms with Crippen molar-refractivity contribution in [3.8, 4) is 0 Å². The Balaban J connectivity index is 2.88. The van der Waals surface area contributed by atoms with Crippen LogP contribution in [0, 0.1) is 0 Å². The summed E-state index contributed by atoms with van der Waals surface area (Å²) in [6.45, 7) is 3.78. The third-order valence-corrected chi connectivity index (χ3v) is 1.88. The fraction of sp³-hybridized carbons (Fsp3) is 0.364. The monoisotopic (exact) mass is 194 g/mol. The van der Waals surface area contributed by atoms with E-state index in [1.54, 1.807) is 38.1 Å². The Morgan fingerprint density at radius 1 is 1.57 bits per heavy atom. The van der Waals surface area contributed by atoms with Crippen molar-refractivity contribution in [3.63, 3.8) is 0 Å². The van der Waals surface area contributed by atoms with Gasteiger partial charge in [0.1, 0.15) is 0 Å². The van der Waals surface area contributed by atoms with Crippen molar-refractivity contribution in [1.29, 1.82) is 0 Å². The van der Waals surface area contributed by atoms with Crippen LogP contribution in [-0.4, -0.2) is 17.7 Å². The van der Waals surface area contributed by atoms with E-state index < -0.39 is 6.10 Å². The van der Waals surface area contributed by atoms with Crippen LogP contribution in [0.3, 0.4) is 0 Å². The lowest BCUT2D eigenvalue weighted by Crippen LogP contribution is -2.05. The van der Waals surface area contributed by atoms with Gasteiger partial charge in [0, 0.05) is 0 Å². The Bertz CT molecular complexity index is 318. The number of carbonyl (C=O) groups is 1. The maximum atomic E-state index is 11.3. The zero-order valence-electron chi connectivity index (χ0n) is 8.36. The predicted octanol–water partition coefficient (Wildman–Crippen LogP) is 1.92. The van der Waals surface area contributed by atoms with Crippen LogP contribution >= 0.6 is 0 Å². The maximum Gasteiger partial charge on any atom is 0.338 e. The SMILES string of the molecule is CCOC(=O)c1cccc([C@H](C)O)c1. The molecule has 0 saturated carbocycles. The van der Waals surface area contributed by atoms with Gasteiger partial charge in [0.15, 0.2) is 0 Å². The Hall–Kier alpha value is -1.35. The standard InChI is InChI=1S/C11H14O3/c1-3-14-11(13)10-6-4-5-9(7-10)8(2)12/h4-8,12H,3H2,1-2H3/t8-/m0/s1. The summed E-state index contributed by atoms with van der Waals surface area (Å²) in [5, 5.41) is 9.31. The van der Waals surface area contributed by atoms with Gasteiger partial charge in [-0.2, -0.15) is 0 Å². The van der Waals surface area contributed by atoms with Gasteiger partial charge in [0.05, 0.1) is 18.3 Å². The van der Waals surface area contributed by atoms with Gasteiger partial charge >= 0.3 is 5.97 Å². The highest BCUT2D eigenvalue weighted by molar-refractivity contribution is 5.89. The maximum absolute atomic E-state index is 11.3. The fourth-order valence-corrected chi connectivity index (χ4v) is 1.14. The summed E-state index contributed by atoms with van der Waals surface area (Å²) < 4.78 is 4.84. The molecule has 0 aromatic heterocycles. The highest BCUT2D eigenvalue weighted by atomic mass is 16.5. The van der Waals surface area contributed by atoms with Gasteiger partial charge in [-0.3, -0.25) is 0 Å². The van der Waals surface area contributed by atoms with E-state index in [9.17, 15) is 9.90 Å². The van der Waals surface area contributed by atoms with E-state index in [0.29, 0.717) is 12.2 Å². The molecule has 3 nitrogen and oxygen atoms in total. The Labute approximate surface area is 83.3 Å². The van der Waals surface area contributed by atoms with Gasteiger partial charge < -0.3 is 9.84 Å². The molecule has 1 atom stereocenters. The highest BCUT2D eigenvalue weighted by Crippen LogP contribution is 2.14. The second kappa shape index (κ2) is 4.77. The molecule has 0 aliphatic carbocycles. The number of carbonyl (C=O) groups excluding carboxylic acids is 1. The number of aliphatic hydroxyl groups excluding tert-OH is 1. The topological polar surface area (TPSA) is 46.5 Å². The van der Waals surface area contributed by atoms with Gasteiger partial charge in [-0.15, -0.1) is 0 Å². The molecule has 0 spiro atoms. The van der Waals surface area contributed by atoms with Crippen LogP contribution in [-0.2, 0) is 4.74 Å². The summed E-state index contributed by atoms with van der Waals surface area (Å²) in [5.74, 6) is -0.352. The van der Waals surface area contributed by atoms with Crippen molar-refractivity contribution in [2.75, 3.05) is 6.61 Å². The lowest BCUT2D eigenvalue weighted by atomic mass is 10.1. The predicted molar refractivity (Wildman–Crippen MR) is 53.0 cm³/mol. The molecule has 0 aliphatic heterocycles. The minimum absolute atomic E-state index is 0.352. The average molecular weight is 194 g/mol. The molecule has 1 aromatic rings. The van der Waals surface area contributed by atoms with E-state index in [1.807, 2.05) is 0 Å². The second-order valence-corrected chi connectivity index (χ2v) is 3.02.